The van der Waals surface area contributed by atoms with Crippen molar-refractivity contribution in [2.75, 3.05) is 26.2 Å². The summed E-state index contributed by atoms with van der Waals surface area (Å²) in [6.07, 6.45) is 23.4. The van der Waals surface area contributed by atoms with Crippen molar-refractivity contribution in [2.24, 2.45) is 0 Å². The molecule has 10 rings (SSSR count). The third-order valence-electron chi connectivity index (χ3n) is 14.5. The van der Waals surface area contributed by atoms with Gasteiger partial charge in [-0.15, -0.1) is 0 Å². The van der Waals surface area contributed by atoms with E-state index < -0.39 is 0 Å². The van der Waals surface area contributed by atoms with E-state index in [1.807, 2.05) is 65.2 Å². The van der Waals surface area contributed by atoms with Gasteiger partial charge in [0.15, 0.2) is 0 Å². The lowest BCUT2D eigenvalue weighted by molar-refractivity contribution is -0.122. The molecule has 0 saturated heterocycles. The number of hydrogen-bond acceptors (Lipinski definition) is 5. The van der Waals surface area contributed by atoms with Crippen molar-refractivity contribution in [3.05, 3.63) is 148 Å². The maximum Gasteiger partial charge on any atom is 0.251 e. The lowest BCUT2D eigenvalue weighted by atomic mass is 9.81. The molecule has 370 valence electrons. The van der Waals surface area contributed by atoms with Crippen LogP contribution in [0.5, 0.6) is 5.75 Å². The number of ether oxygens (including phenoxy) is 1. The zero-order chi connectivity index (χ0) is 48.9. The first-order valence-corrected chi connectivity index (χ1v) is 26.8. The molecule has 11 nitrogen and oxygen atoms in total. The van der Waals surface area contributed by atoms with E-state index in [4.69, 9.17) is 4.74 Å². The second-order valence-corrected chi connectivity index (χ2v) is 20.1. The van der Waals surface area contributed by atoms with Gasteiger partial charge in [0, 0.05) is 48.1 Å². The van der Waals surface area contributed by atoms with Gasteiger partial charge in [0.2, 0.25) is 11.8 Å². The number of hydrogen-bond donors (Lipinski definition) is 4. The van der Waals surface area contributed by atoms with Gasteiger partial charge in [-0.2, -0.15) is 0 Å². The minimum absolute atomic E-state index is 0.00378. The SMILES string of the molecule is O=C1Cn2c(-c3ccc(OCc4ccccc4)cc3)c(C3CCCCC3)c3ccc(cc32)C(=O)NCC/C=C\CCN1.O=C1Cn2c(Br)c(C3CCCCC3)c3ccc(cc32)C(=O)NCC/C=C\CCN1. The number of aromatic nitrogens is 2. The molecule has 2 fully saturated rings. The van der Waals surface area contributed by atoms with Gasteiger partial charge in [-0.3, -0.25) is 19.2 Å². The van der Waals surface area contributed by atoms with E-state index >= 15 is 0 Å². The van der Waals surface area contributed by atoms with Gasteiger partial charge in [0.05, 0.1) is 21.3 Å². The highest BCUT2D eigenvalue weighted by Crippen LogP contribution is 2.45. The van der Waals surface area contributed by atoms with E-state index in [1.54, 1.807) is 0 Å². The van der Waals surface area contributed by atoms with Crippen molar-refractivity contribution in [1.82, 2.24) is 30.4 Å². The standard InChI is InChI=1S/C36H39N3O3.C23H28BrN3O2/c40-33-24-39-32-23-29(36(41)38-22-10-2-1-9-21-37-33)17-20-31(32)34(27-13-7-4-8-14-27)35(39)28-15-18-30(19-16-28)42-25-26-11-5-3-6-12-26;24-22-21(16-8-4-3-5-9-16)18-11-10-17-14-19(18)27(22)15-20(28)25-12-6-1-2-7-13-26-23(17)29/h1-3,5-6,11-12,15-20,23,27H,4,7-10,13-14,21-22,24-25H2,(H,37,40)(H,38,41);1-2,10-11,14,16H,3-9,12-13,15H2,(H,25,28)(H,26,29)/b2*2-1-. The topological polar surface area (TPSA) is 135 Å². The molecule has 4 bridgehead atoms. The van der Waals surface area contributed by atoms with Crippen molar-refractivity contribution >= 4 is 61.4 Å². The van der Waals surface area contributed by atoms with E-state index in [1.165, 1.54) is 62.5 Å². The van der Waals surface area contributed by atoms with E-state index in [2.05, 4.69) is 96.4 Å². The quantitative estimate of drug-likeness (QED) is 0.123. The van der Waals surface area contributed by atoms with Crippen LogP contribution in [0.1, 0.15) is 139 Å². The second kappa shape index (κ2) is 24.1. The summed E-state index contributed by atoms with van der Waals surface area (Å²) >= 11 is 3.81. The molecule has 4 aromatic carbocycles. The lowest BCUT2D eigenvalue weighted by Gasteiger charge is -2.24. The van der Waals surface area contributed by atoms with Crippen LogP contribution in [-0.2, 0) is 29.3 Å². The van der Waals surface area contributed by atoms with E-state index in [9.17, 15) is 19.2 Å². The molecule has 0 radical (unpaired) electrons. The van der Waals surface area contributed by atoms with E-state index in [-0.39, 0.29) is 36.7 Å². The van der Waals surface area contributed by atoms with Crippen molar-refractivity contribution in [3.63, 3.8) is 0 Å². The highest BCUT2D eigenvalue weighted by atomic mass is 79.9. The molecule has 0 unspecified atom stereocenters. The Morgan fingerprint density at radius 1 is 0.507 bits per heavy atom. The molecule has 4 aliphatic rings. The number of nitrogens with zero attached hydrogens (tertiary/aromatic N) is 2. The fourth-order valence-electron chi connectivity index (χ4n) is 10.9. The maximum atomic E-state index is 13.3. The van der Waals surface area contributed by atoms with Gasteiger partial charge in [0.25, 0.3) is 11.8 Å². The molecular formula is C59H67BrN6O5. The predicted octanol–water partition coefficient (Wildman–Crippen LogP) is 11.8. The van der Waals surface area contributed by atoms with Crippen molar-refractivity contribution < 1.29 is 23.9 Å². The largest absolute Gasteiger partial charge is 0.489 e. The summed E-state index contributed by atoms with van der Waals surface area (Å²) in [7, 11) is 0. The number of nitrogens with one attached hydrogen (secondary N) is 4. The molecule has 12 heteroatoms. The fraction of sp³-hybridized carbons (Fsp3) is 0.390. The summed E-state index contributed by atoms with van der Waals surface area (Å²) in [5, 5.41) is 14.5. The lowest BCUT2D eigenvalue weighted by Crippen LogP contribution is -2.28. The Morgan fingerprint density at radius 2 is 0.972 bits per heavy atom. The molecule has 2 aromatic heterocycles. The third kappa shape index (κ3) is 12.2. The molecule has 4 N–H and O–H groups in total. The first-order valence-electron chi connectivity index (χ1n) is 26.0. The van der Waals surface area contributed by atoms with Gasteiger partial charge >= 0.3 is 0 Å². The number of rotatable bonds is 6. The molecule has 4 heterocycles. The Morgan fingerprint density at radius 3 is 1.52 bits per heavy atom. The van der Waals surface area contributed by atoms with Crippen LogP contribution in [0.3, 0.4) is 0 Å². The van der Waals surface area contributed by atoms with Gasteiger partial charge in [-0.1, -0.05) is 105 Å². The van der Waals surface area contributed by atoms with Gasteiger partial charge in [-0.25, -0.2) is 0 Å². The summed E-state index contributed by atoms with van der Waals surface area (Å²) < 4.78 is 11.2. The zero-order valence-corrected chi connectivity index (χ0v) is 42.4. The van der Waals surface area contributed by atoms with Gasteiger partial charge in [0.1, 0.15) is 25.4 Å². The van der Waals surface area contributed by atoms with E-state index in [0.717, 1.165) is 87.5 Å². The second-order valence-electron chi connectivity index (χ2n) is 19.4. The Hall–Kier alpha value is -6.40. The monoisotopic (exact) mass is 1020 g/mol. The van der Waals surface area contributed by atoms with E-state index in [0.29, 0.717) is 55.7 Å². The predicted molar refractivity (Wildman–Crippen MR) is 287 cm³/mol. The number of amides is 4. The molecule has 4 amide bonds. The number of carbonyl (C=O) groups excluding carboxylic acids is 4. The average molecular weight is 1020 g/mol. The van der Waals surface area contributed by atoms with Crippen LogP contribution < -0.4 is 26.0 Å². The zero-order valence-electron chi connectivity index (χ0n) is 40.8. The Kier molecular flexibility index (Phi) is 16.9. The van der Waals surface area contributed by atoms with Crippen LogP contribution >= 0.6 is 15.9 Å². The third-order valence-corrected chi connectivity index (χ3v) is 15.3. The number of fused-ring (bicyclic) bond motifs is 2. The molecule has 6 aromatic rings. The smallest absolute Gasteiger partial charge is 0.251 e. The Bertz CT molecular complexity index is 2890. The first-order chi connectivity index (χ1) is 34.8. The molecule has 2 aliphatic carbocycles. The highest BCUT2D eigenvalue weighted by Gasteiger charge is 2.29. The molecule has 71 heavy (non-hydrogen) atoms. The normalized spacial score (nSPS) is 18.9. The Balaban J connectivity index is 0.000000188. The summed E-state index contributed by atoms with van der Waals surface area (Å²) in [6, 6.07) is 30.3. The summed E-state index contributed by atoms with van der Waals surface area (Å²) in [5.74, 6) is 1.53. The average Bonchev–Trinajstić information content (AvgIpc) is 3.86. The maximum absolute atomic E-state index is 13.3. The van der Waals surface area contributed by atoms with Crippen LogP contribution in [0, 0.1) is 0 Å². The van der Waals surface area contributed by atoms with Crippen LogP contribution in [0.2, 0.25) is 0 Å². The molecule has 2 saturated carbocycles. The number of halogens is 1. The summed E-state index contributed by atoms with van der Waals surface area (Å²) in [5.41, 5.74) is 8.99. The molecular weight excluding hydrogens is 953 g/mol. The molecule has 0 atom stereocenters. The summed E-state index contributed by atoms with van der Waals surface area (Å²) in [6.45, 7) is 3.35. The fourth-order valence-corrected chi connectivity index (χ4v) is 11.7. The van der Waals surface area contributed by atoms with Crippen LogP contribution in [0.25, 0.3) is 33.1 Å². The number of benzene rings is 4. The van der Waals surface area contributed by atoms with Crippen molar-refractivity contribution in [1.29, 1.82) is 0 Å². The molecule has 2 aliphatic heterocycles. The first kappa shape index (κ1) is 49.6. The minimum Gasteiger partial charge on any atom is -0.489 e. The van der Waals surface area contributed by atoms with Crippen molar-refractivity contribution in [3.8, 4) is 17.0 Å². The van der Waals surface area contributed by atoms with Gasteiger partial charge < -0.3 is 35.1 Å². The van der Waals surface area contributed by atoms with Gasteiger partial charge in [-0.05, 0) is 150 Å². The van der Waals surface area contributed by atoms with Crippen LogP contribution in [0.15, 0.2) is 120 Å². The number of carbonyl (C=O) groups is 4. The van der Waals surface area contributed by atoms with Crippen molar-refractivity contribution in [2.45, 2.75) is 121 Å². The van der Waals surface area contributed by atoms with Crippen LogP contribution in [-0.4, -0.2) is 58.9 Å². The molecule has 0 spiro atoms. The highest BCUT2D eigenvalue weighted by molar-refractivity contribution is 9.10. The Labute approximate surface area is 426 Å². The minimum atomic E-state index is -0.0851. The van der Waals surface area contributed by atoms with Crippen LogP contribution in [0.4, 0.5) is 0 Å². The summed E-state index contributed by atoms with van der Waals surface area (Å²) in [4.78, 5) is 51.6.